The van der Waals surface area contributed by atoms with E-state index in [9.17, 15) is 9.36 Å². The van der Waals surface area contributed by atoms with Crippen LogP contribution >= 0.6 is 8.25 Å². The number of hydrogen-bond acceptors (Lipinski definition) is 6. The first-order valence-corrected chi connectivity index (χ1v) is 6.99. The summed E-state index contributed by atoms with van der Waals surface area (Å²) < 4.78 is 25.6. The monoisotopic (exact) mass is 268 g/mol. The van der Waals surface area contributed by atoms with Crippen molar-refractivity contribution in [1.29, 1.82) is 0 Å². The fraction of sp³-hybridized carbons (Fsp3) is 0.900. The highest BCUT2D eigenvalue weighted by molar-refractivity contribution is 7.33. The molecule has 1 atom stereocenters. The van der Waals surface area contributed by atoms with Crippen molar-refractivity contribution in [2.75, 3.05) is 26.4 Å². The molecule has 102 valence electrons. The quantitative estimate of drug-likeness (QED) is 0.347. The number of hydrogen-bond donors (Lipinski definition) is 1. The van der Waals surface area contributed by atoms with Crippen LogP contribution in [0, 0.1) is 0 Å². The molecule has 1 N–H and O–H groups in total. The molecule has 0 amide bonds. The van der Waals surface area contributed by atoms with E-state index in [1.807, 2.05) is 6.92 Å². The number of rotatable bonds is 11. The van der Waals surface area contributed by atoms with Crippen LogP contribution in [0.15, 0.2) is 0 Å². The van der Waals surface area contributed by atoms with Gasteiger partial charge in [0.15, 0.2) is 0 Å². The van der Waals surface area contributed by atoms with Gasteiger partial charge in [0.25, 0.3) is 0 Å². The predicted octanol–water partition coefficient (Wildman–Crippen LogP) is 1.53. The van der Waals surface area contributed by atoms with Crippen molar-refractivity contribution in [2.45, 2.75) is 32.6 Å². The van der Waals surface area contributed by atoms with Crippen LogP contribution in [0.4, 0.5) is 0 Å². The molecule has 1 unspecified atom stereocenters. The maximum Gasteiger partial charge on any atom is 0.319 e. The molecule has 0 saturated heterocycles. The Labute approximate surface area is 102 Å². The number of unbranched alkanes of at least 4 members (excludes halogenated alkanes) is 1. The smallest absolute Gasteiger partial charge is 0.319 e. The summed E-state index contributed by atoms with van der Waals surface area (Å²) in [7, 11) is -2.50. The second kappa shape index (κ2) is 12.0. The zero-order chi connectivity index (χ0) is 12.9. The summed E-state index contributed by atoms with van der Waals surface area (Å²) in [6, 6.07) is 0. The van der Waals surface area contributed by atoms with Gasteiger partial charge in [-0.2, -0.15) is 0 Å². The van der Waals surface area contributed by atoms with E-state index in [0.29, 0.717) is 25.9 Å². The van der Waals surface area contributed by atoms with E-state index in [1.165, 1.54) is 0 Å². The predicted molar refractivity (Wildman–Crippen MR) is 63.1 cm³/mol. The summed E-state index contributed by atoms with van der Waals surface area (Å²) in [5.74, 6) is -0.278. The van der Waals surface area contributed by atoms with Crippen LogP contribution < -0.4 is 0 Å². The summed E-state index contributed by atoms with van der Waals surface area (Å²) in [5, 5.41) is 8.50. The first-order valence-electron chi connectivity index (χ1n) is 5.76. The van der Waals surface area contributed by atoms with Gasteiger partial charge in [0, 0.05) is 13.0 Å². The van der Waals surface area contributed by atoms with Crippen molar-refractivity contribution in [3.63, 3.8) is 0 Å². The van der Waals surface area contributed by atoms with Crippen LogP contribution in [0.3, 0.4) is 0 Å². The van der Waals surface area contributed by atoms with Gasteiger partial charge in [0.05, 0.1) is 13.2 Å². The van der Waals surface area contributed by atoms with Crippen LogP contribution in [0.5, 0.6) is 0 Å². The van der Waals surface area contributed by atoms with E-state index >= 15 is 0 Å². The minimum absolute atomic E-state index is 0.0766. The van der Waals surface area contributed by atoms with E-state index in [2.05, 4.69) is 0 Å². The first-order chi connectivity index (χ1) is 8.20. The Morgan fingerprint density at radius 2 is 1.88 bits per heavy atom. The number of esters is 1. The molecule has 0 heterocycles. The third kappa shape index (κ3) is 11.8. The van der Waals surface area contributed by atoms with Gasteiger partial charge in [-0.3, -0.25) is 9.36 Å². The maximum absolute atomic E-state index is 11.1. The Bertz CT molecular complexity index is 221. The van der Waals surface area contributed by atoms with Crippen LogP contribution in [0.25, 0.3) is 0 Å². The molecule has 6 nitrogen and oxygen atoms in total. The fourth-order valence-electron chi connectivity index (χ4n) is 0.968. The van der Waals surface area contributed by atoms with Gasteiger partial charge in [-0.15, -0.1) is 0 Å². The lowest BCUT2D eigenvalue weighted by atomic mass is 10.3. The molecule has 0 saturated carbocycles. The molecular weight excluding hydrogens is 247 g/mol. The van der Waals surface area contributed by atoms with Crippen molar-refractivity contribution in [1.82, 2.24) is 0 Å². The summed E-state index contributed by atoms with van der Waals surface area (Å²) in [4.78, 5) is 10.9. The second-order valence-corrected chi connectivity index (χ2v) is 4.43. The SMILES string of the molecule is CCCC(=O)OCCO[PH](=O)OCCCCO. The largest absolute Gasteiger partial charge is 0.463 e. The molecule has 0 aliphatic carbocycles. The molecule has 0 rings (SSSR count). The van der Waals surface area contributed by atoms with E-state index in [4.69, 9.17) is 18.9 Å². The fourth-order valence-corrected chi connectivity index (χ4v) is 1.61. The minimum Gasteiger partial charge on any atom is -0.463 e. The molecule has 0 fully saturated rings. The Morgan fingerprint density at radius 1 is 1.18 bits per heavy atom. The summed E-state index contributed by atoms with van der Waals surface area (Å²) in [6.07, 6.45) is 2.38. The molecule has 0 aliphatic heterocycles. The lowest BCUT2D eigenvalue weighted by Gasteiger charge is -2.06. The second-order valence-electron chi connectivity index (χ2n) is 3.35. The first kappa shape index (κ1) is 16.6. The van der Waals surface area contributed by atoms with Crippen LogP contribution in [-0.4, -0.2) is 37.5 Å². The highest BCUT2D eigenvalue weighted by Crippen LogP contribution is 2.23. The zero-order valence-electron chi connectivity index (χ0n) is 10.1. The average molecular weight is 268 g/mol. The van der Waals surface area contributed by atoms with Crippen molar-refractivity contribution in [2.24, 2.45) is 0 Å². The van der Waals surface area contributed by atoms with Gasteiger partial charge >= 0.3 is 14.2 Å². The number of aliphatic hydroxyl groups is 1. The van der Waals surface area contributed by atoms with E-state index in [1.54, 1.807) is 0 Å². The summed E-state index contributed by atoms with van der Waals surface area (Å²) >= 11 is 0. The molecule has 0 radical (unpaired) electrons. The molecule has 17 heavy (non-hydrogen) atoms. The Kier molecular flexibility index (Phi) is 11.8. The molecule has 0 bridgehead atoms. The molecule has 0 aromatic carbocycles. The number of carbonyl (C=O) groups excluding carboxylic acids is 1. The Balaban J connectivity index is 3.30. The Morgan fingerprint density at radius 3 is 2.53 bits per heavy atom. The van der Waals surface area contributed by atoms with Crippen LogP contribution in [-0.2, 0) is 23.1 Å². The highest BCUT2D eigenvalue weighted by atomic mass is 31.1. The molecule has 0 spiro atoms. The van der Waals surface area contributed by atoms with Gasteiger partial charge in [-0.25, -0.2) is 0 Å². The van der Waals surface area contributed by atoms with Crippen molar-refractivity contribution in [3.05, 3.63) is 0 Å². The standard InChI is InChI=1S/C10H21O6P/c1-2-5-10(12)14-8-9-16-17(13)15-7-4-3-6-11/h11,17H,2-9H2,1H3. The highest BCUT2D eigenvalue weighted by Gasteiger charge is 2.02. The van der Waals surface area contributed by atoms with E-state index in [0.717, 1.165) is 6.42 Å². The molecular formula is C10H21O6P. The summed E-state index contributed by atoms with van der Waals surface area (Å²) in [6.45, 7) is 2.45. The van der Waals surface area contributed by atoms with Crippen LogP contribution in [0.2, 0.25) is 0 Å². The van der Waals surface area contributed by atoms with Gasteiger partial charge in [0.1, 0.15) is 6.61 Å². The average Bonchev–Trinajstić information content (AvgIpc) is 2.31. The van der Waals surface area contributed by atoms with Crippen LogP contribution in [0.1, 0.15) is 32.6 Å². The topological polar surface area (TPSA) is 82.1 Å². The van der Waals surface area contributed by atoms with Gasteiger partial charge < -0.3 is 18.9 Å². The van der Waals surface area contributed by atoms with Gasteiger partial charge in [0.2, 0.25) is 0 Å². The molecule has 7 heteroatoms. The maximum atomic E-state index is 11.1. The molecule has 0 aromatic rings. The number of ether oxygens (including phenoxy) is 1. The summed E-state index contributed by atoms with van der Waals surface area (Å²) in [5.41, 5.74) is 0. The molecule has 0 aromatic heterocycles. The van der Waals surface area contributed by atoms with Crippen molar-refractivity contribution in [3.8, 4) is 0 Å². The van der Waals surface area contributed by atoms with Crippen molar-refractivity contribution < 1.29 is 28.3 Å². The number of aliphatic hydroxyl groups excluding tert-OH is 1. The van der Waals surface area contributed by atoms with Crippen molar-refractivity contribution >= 4 is 14.2 Å². The lowest BCUT2D eigenvalue weighted by molar-refractivity contribution is -0.144. The third-order valence-electron chi connectivity index (χ3n) is 1.79. The van der Waals surface area contributed by atoms with E-state index in [-0.39, 0.29) is 25.8 Å². The minimum atomic E-state index is -2.50. The van der Waals surface area contributed by atoms with E-state index < -0.39 is 8.25 Å². The zero-order valence-corrected chi connectivity index (χ0v) is 11.1. The number of carbonyl (C=O) groups is 1. The lowest BCUT2D eigenvalue weighted by Crippen LogP contribution is -2.08. The third-order valence-corrected chi connectivity index (χ3v) is 2.67. The molecule has 0 aliphatic rings. The Hall–Kier alpha value is -0.420. The normalized spacial score (nSPS) is 12.4. The van der Waals surface area contributed by atoms with Gasteiger partial charge in [-0.1, -0.05) is 6.92 Å². The van der Waals surface area contributed by atoms with Gasteiger partial charge in [-0.05, 0) is 19.3 Å².